The lowest BCUT2D eigenvalue weighted by Gasteiger charge is -2.36. The largest absolute Gasteiger partial charge is 0.353 e. The Balaban J connectivity index is 1.40. The molecular weight excluding hydrogens is 348 g/mol. The van der Waals surface area contributed by atoms with Crippen molar-refractivity contribution in [3.05, 3.63) is 66.6 Å². The zero-order valence-electron chi connectivity index (χ0n) is 16.4. The Bertz CT molecular complexity index is 886. The van der Waals surface area contributed by atoms with Gasteiger partial charge in [0, 0.05) is 44.1 Å². The quantitative estimate of drug-likeness (QED) is 0.727. The predicted octanol–water partition coefficient (Wildman–Crippen LogP) is 4.07. The summed E-state index contributed by atoms with van der Waals surface area (Å²) in [6, 6.07) is 16.6. The van der Waals surface area contributed by atoms with Crippen LogP contribution in [0, 0.1) is 0 Å². The van der Waals surface area contributed by atoms with Gasteiger partial charge in [-0.05, 0) is 35.7 Å². The van der Waals surface area contributed by atoms with E-state index in [1.165, 1.54) is 5.56 Å². The van der Waals surface area contributed by atoms with Gasteiger partial charge in [0.15, 0.2) is 0 Å². The summed E-state index contributed by atoms with van der Waals surface area (Å²) in [6.45, 7) is 8.09. The van der Waals surface area contributed by atoms with Crippen LogP contribution < -0.4 is 15.1 Å². The third-order valence-corrected chi connectivity index (χ3v) is 5.08. The monoisotopic (exact) mass is 374 g/mol. The number of rotatable bonds is 5. The van der Waals surface area contributed by atoms with Gasteiger partial charge >= 0.3 is 0 Å². The summed E-state index contributed by atoms with van der Waals surface area (Å²) in [5.41, 5.74) is 2.37. The smallest absolute Gasteiger partial charge is 0.135 e. The van der Waals surface area contributed by atoms with Gasteiger partial charge in [0.25, 0.3) is 0 Å². The van der Waals surface area contributed by atoms with Crippen molar-refractivity contribution in [3.63, 3.8) is 0 Å². The first-order valence-corrected chi connectivity index (χ1v) is 9.79. The molecule has 0 spiro atoms. The molecule has 0 atom stereocenters. The molecule has 0 amide bonds. The second-order valence-corrected chi connectivity index (χ2v) is 7.33. The van der Waals surface area contributed by atoms with E-state index in [0.29, 0.717) is 5.92 Å². The molecule has 1 saturated heterocycles. The van der Waals surface area contributed by atoms with Crippen molar-refractivity contribution in [2.45, 2.75) is 19.8 Å². The second kappa shape index (κ2) is 8.25. The summed E-state index contributed by atoms with van der Waals surface area (Å²) in [5.74, 6) is 3.34. The van der Waals surface area contributed by atoms with Gasteiger partial charge in [-0.15, -0.1) is 0 Å². The summed E-state index contributed by atoms with van der Waals surface area (Å²) in [4.78, 5) is 17.9. The van der Waals surface area contributed by atoms with Crippen LogP contribution in [0.5, 0.6) is 0 Å². The van der Waals surface area contributed by atoms with Gasteiger partial charge in [0.05, 0.1) is 0 Å². The molecule has 1 aliphatic rings. The van der Waals surface area contributed by atoms with Gasteiger partial charge in [-0.3, -0.25) is 0 Å². The molecular formula is C22H26N6. The minimum absolute atomic E-state index is 0.532. The number of nitrogens with zero attached hydrogens (tertiary/aromatic N) is 5. The first-order chi connectivity index (χ1) is 13.7. The first-order valence-electron chi connectivity index (χ1n) is 9.79. The molecule has 1 fully saturated rings. The lowest BCUT2D eigenvalue weighted by Crippen LogP contribution is -2.47. The van der Waals surface area contributed by atoms with E-state index in [4.69, 9.17) is 0 Å². The summed E-state index contributed by atoms with van der Waals surface area (Å²) < 4.78 is 0. The molecule has 0 unspecified atom stereocenters. The number of hydrogen-bond acceptors (Lipinski definition) is 6. The van der Waals surface area contributed by atoms with Crippen molar-refractivity contribution >= 4 is 23.1 Å². The number of hydrogen-bond donors (Lipinski definition) is 1. The SMILES string of the molecule is CC(C)c1ccc(Nc2cc(N3CCN(c4ccccn4)CC3)ncn2)cc1. The third-order valence-electron chi connectivity index (χ3n) is 5.08. The topological polar surface area (TPSA) is 57.2 Å². The number of piperazine rings is 1. The van der Waals surface area contributed by atoms with Crippen molar-refractivity contribution in [2.75, 3.05) is 41.3 Å². The van der Waals surface area contributed by atoms with E-state index < -0.39 is 0 Å². The number of pyridine rings is 1. The Morgan fingerprint density at radius 2 is 1.54 bits per heavy atom. The molecule has 6 nitrogen and oxygen atoms in total. The maximum absolute atomic E-state index is 4.48. The zero-order valence-corrected chi connectivity index (χ0v) is 16.4. The van der Waals surface area contributed by atoms with Crippen LogP contribution in [0.25, 0.3) is 0 Å². The fourth-order valence-electron chi connectivity index (χ4n) is 3.39. The average Bonchev–Trinajstić information content (AvgIpc) is 2.75. The Labute approximate surface area is 166 Å². The number of anilines is 4. The minimum atomic E-state index is 0.532. The highest BCUT2D eigenvalue weighted by molar-refractivity contribution is 5.60. The van der Waals surface area contributed by atoms with Crippen LogP contribution in [-0.2, 0) is 0 Å². The Morgan fingerprint density at radius 1 is 0.821 bits per heavy atom. The summed E-state index contributed by atoms with van der Waals surface area (Å²) in [6.07, 6.45) is 3.48. The normalized spacial score (nSPS) is 14.4. The molecule has 1 N–H and O–H groups in total. The second-order valence-electron chi connectivity index (χ2n) is 7.33. The summed E-state index contributed by atoms with van der Waals surface area (Å²) in [7, 11) is 0. The highest BCUT2D eigenvalue weighted by Gasteiger charge is 2.19. The molecule has 0 radical (unpaired) electrons. The third kappa shape index (κ3) is 4.22. The first kappa shape index (κ1) is 18.2. The van der Waals surface area contributed by atoms with Gasteiger partial charge < -0.3 is 15.1 Å². The van der Waals surface area contributed by atoms with Crippen LogP contribution in [0.3, 0.4) is 0 Å². The molecule has 1 aromatic carbocycles. The Morgan fingerprint density at radius 3 is 2.18 bits per heavy atom. The van der Waals surface area contributed by atoms with E-state index >= 15 is 0 Å². The lowest BCUT2D eigenvalue weighted by molar-refractivity contribution is 0.641. The average molecular weight is 374 g/mol. The van der Waals surface area contributed by atoms with Gasteiger partial charge in [0.1, 0.15) is 23.8 Å². The van der Waals surface area contributed by atoms with Crippen LogP contribution in [0.2, 0.25) is 0 Å². The van der Waals surface area contributed by atoms with Crippen LogP contribution in [0.15, 0.2) is 61.1 Å². The molecule has 6 heteroatoms. The van der Waals surface area contributed by atoms with E-state index in [2.05, 4.69) is 74.2 Å². The highest BCUT2D eigenvalue weighted by Crippen LogP contribution is 2.22. The van der Waals surface area contributed by atoms with E-state index in [1.54, 1.807) is 6.33 Å². The molecule has 0 aliphatic carbocycles. The molecule has 0 saturated carbocycles. The van der Waals surface area contributed by atoms with Gasteiger partial charge in [-0.1, -0.05) is 32.0 Å². The standard InChI is InChI=1S/C22H26N6/c1-17(2)18-6-8-19(9-7-18)26-20-15-22(25-16-24-20)28-13-11-27(12-14-28)21-5-3-4-10-23-21/h3-10,15-17H,11-14H2,1-2H3,(H,24,25,26). The van der Waals surface area contributed by atoms with E-state index in [-0.39, 0.29) is 0 Å². The van der Waals surface area contributed by atoms with Gasteiger partial charge in [-0.25, -0.2) is 15.0 Å². The molecule has 1 aliphatic heterocycles. The maximum Gasteiger partial charge on any atom is 0.135 e. The number of aromatic nitrogens is 3. The van der Waals surface area contributed by atoms with Crippen molar-refractivity contribution in [2.24, 2.45) is 0 Å². The molecule has 28 heavy (non-hydrogen) atoms. The predicted molar refractivity (Wildman–Crippen MR) is 115 cm³/mol. The maximum atomic E-state index is 4.48. The van der Waals surface area contributed by atoms with E-state index in [0.717, 1.165) is 49.3 Å². The summed E-state index contributed by atoms with van der Waals surface area (Å²) in [5, 5.41) is 3.39. The van der Waals surface area contributed by atoms with Crippen molar-refractivity contribution in [1.29, 1.82) is 0 Å². The van der Waals surface area contributed by atoms with Crippen LogP contribution in [0.1, 0.15) is 25.3 Å². The van der Waals surface area contributed by atoms with Crippen LogP contribution >= 0.6 is 0 Å². The fourth-order valence-corrected chi connectivity index (χ4v) is 3.39. The number of nitrogens with one attached hydrogen (secondary N) is 1. The zero-order chi connectivity index (χ0) is 19.3. The van der Waals surface area contributed by atoms with Gasteiger partial charge in [0.2, 0.25) is 0 Å². The van der Waals surface area contributed by atoms with Crippen LogP contribution in [-0.4, -0.2) is 41.1 Å². The molecule has 144 valence electrons. The molecule has 3 heterocycles. The number of benzene rings is 1. The lowest BCUT2D eigenvalue weighted by atomic mass is 10.0. The highest BCUT2D eigenvalue weighted by atomic mass is 15.3. The molecule has 4 rings (SSSR count). The van der Waals surface area contributed by atoms with E-state index in [9.17, 15) is 0 Å². The Hall–Kier alpha value is -3.15. The van der Waals surface area contributed by atoms with Crippen molar-refractivity contribution in [1.82, 2.24) is 15.0 Å². The van der Waals surface area contributed by atoms with Gasteiger partial charge in [-0.2, -0.15) is 0 Å². The van der Waals surface area contributed by atoms with Crippen LogP contribution in [0.4, 0.5) is 23.1 Å². The molecule has 0 bridgehead atoms. The Kier molecular flexibility index (Phi) is 5.37. The summed E-state index contributed by atoms with van der Waals surface area (Å²) >= 11 is 0. The fraction of sp³-hybridized carbons (Fsp3) is 0.318. The minimum Gasteiger partial charge on any atom is -0.353 e. The van der Waals surface area contributed by atoms with Crippen molar-refractivity contribution in [3.8, 4) is 0 Å². The molecule has 3 aromatic rings. The van der Waals surface area contributed by atoms with E-state index in [1.807, 2.05) is 24.4 Å². The van der Waals surface area contributed by atoms with Crippen molar-refractivity contribution < 1.29 is 0 Å². The molecule has 2 aromatic heterocycles.